The summed E-state index contributed by atoms with van der Waals surface area (Å²) in [6.07, 6.45) is 2.04. The van der Waals surface area contributed by atoms with Gasteiger partial charge in [-0.3, -0.25) is 5.14 Å². The van der Waals surface area contributed by atoms with Gasteiger partial charge in [0.25, 0.3) is 0 Å². The first kappa shape index (κ1) is 24.1. The van der Waals surface area contributed by atoms with Crippen molar-refractivity contribution in [1.29, 1.82) is 0 Å². The summed E-state index contributed by atoms with van der Waals surface area (Å²) in [5.74, 6) is -0.644. The number of rotatable bonds is 11. The van der Waals surface area contributed by atoms with Gasteiger partial charge in [0.1, 0.15) is 12.2 Å². The second kappa shape index (κ2) is 9.78. The average Bonchev–Trinajstić information content (AvgIpc) is 3.01. The Kier molecular flexibility index (Phi) is 8.14. The molecule has 2 rings (SSSR count). The summed E-state index contributed by atoms with van der Waals surface area (Å²) in [5, 5.41) is 5.62. The Morgan fingerprint density at radius 3 is 2.62 bits per heavy atom. The lowest BCUT2D eigenvalue weighted by Gasteiger charge is -2.27. The van der Waals surface area contributed by atoms with Gasteiger partial charge < -0.3 is 14.0 Å². The molecule has 1 unspecified atom stereocenters. The van der Waals surface area contributed by atoms with Gasteiger partial charge in [-0.25, -0.2) is 13.6 Å². The van der Waals surface area contributed by atoms with E-state index in [-0.39, 0.29) is 11.7 Å². The fourth-order valence-corrected chi connectivity index (χ4v) is 4.33. The van der Waals surface area contributed by atoms with Gasteiger partial charge in [0.2, 0.25) is 0 Å². The van der Waals surface area contributed by atoms with E-state index in [2.05, 4.69) is 24.6 Å². The van der Waals surface area contributed by atoms with Crippen LogP contribution in [0.25, 0.3) is 11.0 Å². The van der Waals surface area contributed by atoms with Crippen LogP contribution in [0.3, 0.4) is 0 Å². The first-order chi connectivity index (χ1) is 13.5. The molecular formula is C20H34FN3O3SSi. The van der Waals surface area contributed by atoms with E-state index in [1.807, 2.05) is 24.5 Å². The molecule has 0 aliphatic rings. The molecule has 1 aromatic heterocycles. The van der Waals surface area contributed by atoms with Crippen LogP contribution in [0.1, 0.15) is 31.7 Å². The largest absolute Gasteiger partial charge is 0.384 e. The molecule has 0 spiro atoms. The molecule has 0 amide bonds. The molecule has 1 aromatic carbocycles. The molecule has 164 valence electrons. The van der Waals surface area contributed by atoms with Crippen LogP contribution in [0.4, 0.5) is 4.39 Å². The van der Waals surface area contributed by atoms with Crippen LogP contribution in [0.15, 0.2) is 18.5 Å². The third-order valence-electron chi connectivity index (χ3n) is 5.08. The number of imidazole rings is 1. The summed E-state index contributed by atoms with van der Waals surface area (Å²) in [6.45, 7) is 11.9. The highest BCUT2D eigenvalue weighted by Gasteiger charge is 2.30. The smallest absolute Gasteiger partial charge is 0.154 e. The molecular weight excluding hydrogens is 409 g/mol. The molecule has 0 radical (unpaired) electrons. The normalized spacial score (nSPS) is 15.0. The fraction of sp³-hybridized carbons (Fsp3) is 0.650. The SMILES string of the molecule is COC[C@@H](CC(C)(C)S(N)=O)c1ccc2c(ncn2COCC[Si](C)(C)C)c1F. The molecule has 9 heteroatoms. The van der Waals surface area contributed by atoms with Crippen molar-refractivity contribution in [3.05, 3.63) is 29.8 Å². The van der Waals surface area contributed by atoms with Crippen LogP contribution in [0, 0.1) is 5.82 Å². The zero-order chi connectivity index (χ0) is 21.8. The Bertz CT molecular complexity index is 851. The minimum absolute atomic E-state index is 0.273. The maximum Gasteiger partial charge on any atom is 0.154 e. The minimum Gasteiger partial charge on any atom is -0.384 e. The van der Waals surface area contributed by atoms with Crippen molar-refractivity contribution in [2.75, 3.05) is 20.3 Å². The highest BCUT2D eigenvalue weighted by Crippen LogP contribution is 2.33. The Morgan fingerprint density at radius 2 is 2.03 bits per heavy atom. The topological polar surface area (TPSA) is 79.4 Å². The van der Waals surface area contributed by atoms with E-state index in [0.29, 0.717) is 43.0 Å². The van der Waals surface area contributed by atoms with Gasteiger partial charge >= 0.3 is 0 Å². The number of fused-ring (bicyclic) bond motifs is 1. The number of ether oxygens (including phenoxy) is 2. The predicted octanol–water partition coefficient (Wildman–Crippen LogP) is 4.01. The van der Waals surface area contributed by atoms with E-state index in [1.54, 1.807) is 19.5 Å². The summed E-state index contributed by atoms with van der Waals surface area (Å²) in [7, 11) is -1.10. The van der Waals surface area contributed by atoms with Crippen LogP contribution in [0.5, 0.6) is 0 Å². The highest BCUT2D eigenvalue weighted by atomic mass is 32.2. The van der Waals surface area contributed by atoms with Gasteiger partial charge in [-0.15, -0.1) is 0 Å². The number of methoxy groups -OCH3 is 1. The number of halogens is 1. The van der Waals surface area contributed by atoms with Crippen molar-refractivity contribution in [2.24, 2.45) is 5.14 Å². The zero-order valence-corrected chi connectivity index (χ0v) is 20.1. The van der Waals surface area contributed by atoms with Crippen LogP contribution >= 0.6 is 0 Å². The summed E-state index contributed by atoms with van der Waals surface area (Å²) in [6, 6.07) is 4.70. The van der Waals surface area contributed by atoms with Gasteiger partial charge in [0.15, 0.2) is 5.82 Å². The predicted molar refractivity (Wildman–Crippen MR) is 119 cm³/mol. The first-order valence-electron chi connectivity index (χ1n) is 9.82. The number of aromatic nitrogens is 2. The molecule has 0 fully saturated rings. The maximum absolute atomic E-state index is 15.3. The number of benzene rings is 1. The molecule has 0 aliphatic carbocycles. The Morgan fingerprint density at radius 1 is 1.34 bits per heavy atom. The van der Waals surface area contributed by atoms with Gasteiger partial charge in [0, 0.05) is 27.7 Å². The Hall–Kier alpha value is -1.13. The maximum atomic E-state index is 15.3. The van der Waals surface area contributed by atoms with Gasteiger partial charge in [-0.1, -0.05) is 25.7 Å². The summed E-state index contributed by atoms with van der Waals surface area (Å²) >= 11 is 0. The third kappa shape index (κ3) is 6.42. The van der Waals surface area contributed by atoms with E-state index in [4.69, 9.17) is 14.6 Å². The highest BCUT2D eigenvalue weighted by molar-refractivity contribution is 7.84. The van der Waals surface area contributed by atoms with Crippen molar-refractivity contribution in [2.45, 2.75) is 63.3 Å². The van der Waals surface area contributed by atoms with Crippen molar-refractivity contribution in [3.63, 3.8) is 0 Å². The van der Waals surface area contributed by atoms with Crippen LogP contribution in [-0.2, 0) is 27.2 Å². The monoisotopic (exact) mass is 443 g/mol. The zero-order valence-electron chi connectivity index (χ0n) is 18.3. The molecule has 2 N–H and O–H groups in total. The number of hydrogen-bond donors (Lipinski definition) is 1. The molecule has 0 aliphatic heterocycles. The third-order valence-corrected chi connectivity index (χ3v) is 8.04. The molecule has 2 atom stereocenters. The van der Waals surface area contributed by atoms with E-state index in [1.165, 1.54) is 0 Å². The van der Waals surface area contributed by atoms with Crippen molar-refractivity contribution in [1.82, 2.24) is 9.55 Å². The Balaban J connectivity index is 2.23. The summed E-state index contributed by atoms with van der Waals surface area (Å²) in [4.78, 5) is 4.27. The van der Waals surface area contributed by atoms with Crippen molar-refractivity contribution in [3.8, 4) is 0 Å². The van der Waals surface area contributed by atoms with Crippen LogP contribution in [0.2, 0.25) is 25.7 Å². The van der Waals surface area contributed by atoms with E-state index < -0.39 is 23.8 Å². The molecule has 0 bridgehead atoms. The van der Waals surface area contributed by atoms with Crippen molar-refractivity contribution >= 4 is 30.1 Å². The molecule has 0 saturated heterocycles. The second-order valence-electron chi connectivity index (χ2n) is 9.31. The van der Waals surface area contributed by atoms with E-state index in [9.17, 15) is 4.21 Å². The second-order valence-corrected chi connectivity index (χ2v) is 16.6. The number of nitrogens with two attached hydrogens (primary N) is 1. The minimum atomic E-state index is -1.53. The van der Waals surface area contributed by atoms with Gasteiger partial charge in [-0.05, 0) is 37.9 Å². The Labute approximate surface area is 176 Å². The van der Waals surface area contributed by atoms with Gasteiger partial charge in [0.05, 0.1) is 34.2 Å². The quantitative estimate of drug-likeness (QED) is 0.420. The van der Waals surface area contributed by atoms with Crippen LogP contribution < -0.4 is 5.14 Å². The number of hydrogen-bond acceptors (Lipinski definition) is 4. The van der Waals surface area contributed by atoms with E-state index in [0.717, 1.165) is 6.04 Å². The molecule has 2 aromatic rings. The standard InChI is InChI=1S/C20H34FN3O3SSi/c1-20(2,28(22)25)11-15(12-26-3)16-7-8-17-19(18(16)21)23-13-24(17)14-27-9-10-29(4,5)6/h7-8,13,15H,9-12,14,22H2,1-6H3/t15-,28?/m1/s1. The average molecular weight is 444 g/mol. The summed E-state index contributed by atoms with van der Waals surface area (Å²) < 4.78 is 39.4. The molecule has 6 nitrogen and oxygen atoms in total. The lowest BCUT2D eigenvalue weighted by molar-refractivity contribution is 0.0898. The lowest BCUT2D eigenvalue weighted by atomic mass is 9.89. The fourth-order valence-electron chi connectivity index (χ4n) is 3.21. The molecule has 29 heavy (non-hydrogen) atoms. The van der Waals surface area contributed by atoms with E-state index >= 15 is 4.39 Å². The van der Waals surface area contributed by atoms with Gasteiger partial charge in [-0.2, -0.15) is 0 Å². The molecule has 1 heterocycles. The first-order valence-corrected chi connectivity index (χ1v) is 14.7. The summed E-state index contributed by atoms with van der Waals surface area (Å²) in [5.41, 5.74) is 1.50. The number of nitrogens with zero attached hydrogens (tertiary/aromatic N) is 2. The lowest BCUT2D eigenvalue weighted by Crippen LogP contribution is -2.34. The molecule has 0 saturated carbocycles. The van der Waals surface area contributed by atoms with Crippen molar-refractivity contribution < 1.29 is 18.1 Å². The van der Waals surface area contributed by atoms with Crippen LogP contribution in [-0.4, -0.2) is 46.9 Å².